The summed E-state index contributed by atoms with van der Waals surface area (Å²) in [5.41, 5.74) is 6.01. The Morgan fingerprint density at radius 1 is 1.45 bits per heavy atom. The molecule has 112 valence electrons. The molecule has 0 bridgehead atoms. The Balaban J connectivity index is 2.06. The SMILES string of the molecule is CCN(CC)C(=O)Sc1nnnn1C1CCCC(N)C1. The Morgan fingerprint density at radius 3 is 2.85 bits per heavy atom. The van der Waals surface area contributed by atoms with Gasteiger partial charge in [-0.25, -0.2) is 4.68 Å². The number of rotatable bonds is 4. The van der Waals surface area contributed by atoms with E-state index in [4.69, 9.17) is 5.73 Å². The molecule has 8 heteroatoms. The average Bonchev–Trinajstić information content (AvgIpc) is 2.88. The van der Waals surface area contributed by atoms with Gasteiger partial charge in [-0.05, 0) is 50.0 Å². The molecule has 2 unspecified atom stereocenters. The van der Waals surface area contributed by atoms with Gasteiger partial charge in [-0.1, -0.05) is 0 Å². The molecule has 1 aromatic rings. The van der Waals surface area contributed by atoms with Gasteiger partial charge in [-0.15, -0.1) is 5.10 Å². The lowest BCUT2D eigenvalue weighted by atomic mass is 9.92. The van der Waals surface area contributed by atoms with E-state index < -0.39 is 0 Å². The van der Waals surface area contributed by atoms with E-state index in [2.05, 4.69) is 15.5 Å². The highest BCUT2D eigenvalue weighted by atomic mass is 32.2. The fourth-order valence-corrected chi connectivity index (χ4v) is 3.43. The van der Waals surface area contributed by atoms with Gasteiger partial charge < -0.3 is 10.6 Å². The second-order valence-corrected chi connectivity index (χ2v) is 5.95. The van der Waals surface area contributed by atoms with E-state index in [1.165, 1.54) is 0 Å². The molecule has 1 aliphatic rings. The van der Waals surface area contributed by atoms with Crippen molar-refractivity contribution in [1.82, 2.24) is 25.1 Å². The number of nitrogens with zero attached hydrogens (tertiary/aromatic N) is 5. The molecule has 20 heavy (non-hydrogen) atoms. The Hall–Kier alpha value is -1.15. The maximum absolute atomic E-state index is 12.1. The summed E-state index contributed by atoms with van der Waals surface area (Å²) in [6, 6.07) is 0.412. The molecule has 1 heterocycles. The highest BCUT2D eigenvalue weighted by molar-refractivity contribution is 8.13. The maximum Gasteiger partial charge on any atom is 0.289 e. The molecule has 0 spiro atoms. The number of tetrazole rings is 1. The van der Waals surface area contributed by atoms with Crippen LogP contribution in [0.25, 0.3) is 0 Å². The first-order valence-electron chi connectivity index (χ1n) is 7.15. The van der Waals surface area contributed by atoms with Gasteiger partial charge in [0, 0.05) is 30.9 Å². The van der Waals surface area contributed by atoms with Crippen LogP contribution in [0.2, 0.25) is 0 Å². The first-order chi connectivity index (χ1) is 9.65. The molecule has 0 aliphatic heterocycles. The number of thioether (sulfide) groups is 1. The lowest BCUT2D eigenvalue weighted by Crippen LogP contribution is -2.30. The zero-order valence-corrected chi connectivity index (χ0v) is 12.8. The van der Waals surface area contributed by atoms with Crippen LogP contribution in [0.4, 0.5) is 4.79 Å². The summed E-state index contributed by atoms with van der Waals surface area (Å²) >= 11 is 1.10. The van der Waals surface area contributed by atoms with Crippen molar-refractivity contribution >= 4 is 17.0 Å². The quantitative estimate of drug-likeness (QED) is 0.850. The summed E-state index contributed by atoms with van der Waals surface area (Å²) in [5, 5.41) is 12.3. The first kappa shape index (κ1) is 15.2. The van der Waals surface area contributed by atoms with E-state index in [1.54, 1.807) is 9.58 Å². The summed E-state index contributed by atoms with van der Waals surface area (Å²) in [4.78, 5) is 13.9. The van der Waals surface area contributed by atoms with E-state index in [0.717, 1.165) is 37.4 Å². The number of carbonyl (C=O) groups excluding carboxylic acids is 1. The summed E-state index contributed by atoms with van der Waals surface area (Å²) in [5.74, 6) is 0. The summed E-state index contributed by atoms with van der Waals surface area (Å²) in [6.07, 6.45) is 4.03. The minimum absolute atomic E-state index is 0.00819. The molecule has 0 radical (unpaired) electrons. The van der Waals surface area contributed by atoms with E-state index in [1.807, 2.05) is 13.8 Å². The third kappa shape index (κ3) is 3.49. The molecule has 0 aromatic carbocycles. The zero-order chi connectivity index (χ0) is 14.5. The number of hydrogen-bond acceptors (Lipinski definition) is 6. The van der Waals surface area contributed by atoms with Crippen LogP contribution in [-0.2, 0) is 0 Å². The fraction of sp³-hybridized carbons (Fsp3) is 0.833. The second-order valence-electron chi connectivity index (χ2n) is 5.03. The van der Waals surface area contributed by atoms with Crippen molar-refractivity contribution in [3.8, 4) is 0 Å². The van der Waals surface area contributed by atoms with Crippen LogP contribution in [-0.4, -0.2) is 49.5 Å². The van der Waals surface area contributed by atoms with Crippen LogP contribution in [0.1, 0.15) is 45.6 Å². The van der Waals surface area contributed by atoms with Crippen molar-refractivity contribution in [1.29, 1.82) is 0 Å². The average molecular weight is 298 g/mol. The summed E-state index contributed by atoms with van der Waals surface area (Å²) < 4.78 is 1.77. The fourth-order valence-electron chi connectivity index (χ4n) is 2.53. The van der Waals surface area contributed by atoms with E-state index in [-0.39, 0.29) is 17.3 Å². The maximum atomic E-state index is 12.1. The molecule has 2 rings (SSSR count). The van der Waals surface area contributed by atoms with Gasteiger partial charge in [0.25, 0.3) is 5.24 Å². The number of aromatic nitrogens is 4. The van der Waals surface area contributed by atoms with Gasteiger partial charge in [0.15, 0.2) is 0 Å². The van der Waals surface area contributed by atoms with Gasteiger partial charge in [0.1, 0.15) is 0 Å². The number of carbonyl (C=O) groups is 1. The summed E-state index contributed by atoms with van der Waals surface area (Å²) in [6.45, 7) is 5.31. The molecule has 1 aliphatic carbocycles. The minimum Gasteiger partial charge on any atom is -0.334 e. The monoisotopic (exact) mass is 298 g/mol. The van der Waals surface area contributed by atoms with Gasteiger partial charge in [0.05, 0.1) is 6.04 Å². The minimum atomic E-state index is -0.00819. The first-order valence-corrected chi connectivity index (χ1v) is 7.97. The van der Waals surface area contributed by atoms with Crippen molar-refractivity contribution in [2.24, 2.45) is 5.73 Å². The van der Waals surface area contributed by atoms with Gasteiger partial charge in [0.2, 0.25) is 5.16 Å². The van der Waals surface area contributed by atoms with Crippen molar-refractivity contribution < 1.29 is 4.79 Å². The van der Waals surface area contributed by atoms with Crippen molar-refractivity contribution in [2.75, 3.05) is 13.1 Å². The lowest BCUT2D eigenvalue weighted by molar-refractivity contribution is 0.228. The highest BCUT2D eigenvalue weighted by Crippen LogP contribution is 2.30. The predicted octanol–water partition coefficient (Wildman–Crippen LogP) is 1.67. The largest absolute Gasteiger partial charge is 0.334 e. The Labute approximate surface area is 123 Å². The van der Waals surface area contributed by atoms with Crippen LogP contribution in [0.3, 0.4) is 0 Å². The van der Waals surface area contributed by atoms with Gasteiger partial charge in [-0.2, -0.15) is 0 Å². The molecule has 7 nitrogen and oxygen atoms in total. The third-order valence-electron chi connectivity index (χ3n) is 3.70. The molecule has 1 fully saturated rings. The van der Waals surface area contributed by atoms with Crippen molar-refractivity contribution in [2.45, 2.75) is 56.8 Å². The predicted molar refractivity (Wildman–Crippen MR) is 77.5 cm³/mol. The molecule has 2 N–H and O–H groups in total. The van der Waals surface area contributed by atoms with E-state index >= 15 is 0 Å². The topological polar surface area (TPSA) is 89.9 Å². The van der Waals surface area contributed by atoms with Gasteiger partial charge >= 0.3 is 0 Å². The number of amides is 1. The second kappa shape index (κ2) is 7.03. The Morgan fingerprint density at radius 2 is 2.20 bits per heavy atom. The number of nitrogens with two attached hydrogens (primary N) is 1. The third-order valence-corrected chi connectivity index (χ3v) is 4.58. The van der Waals surface area contributed by atoms with E-state index in [9.17, 15) is 4.79 Å². The highest BCUT2D eigenvalue weighted by Gasteiger charge is 2.26. The van der Waals surface area contributed by atoms with Crippen LogP contribution in [0, 0.1) is 0 Å². The van der Waals surface area contributed by atoms with Crippen molar-refractivity contribution in [3.63, 3.8) is 0 Å². The Bertz CT molecular complexity index is 447. The Kier molecular flexibility index (Phi) is 5.36. The van der Waals surface area contributed by atoms with Gasteiger partial charge in [-0.3, -0.25) is 4.79 Å². The molecule has 2 atom stereocenters. The standard InChI is InChI=1S/C12H22N6OS/c1-3-17(4-2)12(19)20-11-14-15-16-18(11)10-7-5-6-9(13)8-10/h9-10H,3-8,13H2,1-2H3. The zero-order valence-electron chi connectivity index (χ0n) is 12.0. The lowest BCUT2D eigenvalue weighted by Gasteiger charge is -2.26. The smallest absolute Gasteiger partial charge is 0.289 e. The van der Waals surface area contributed by atoms with Crippen LogP contribution < -0.4 is 5.73 Å². The molecule has 1 saturated carbocycles. The van der Waals surface area contributed by atoms with Crippen LogP contribution in [0.5, 0.6) is 0 Å². The summed E-state index contributed by atoms with van der Waals surface area (Å²) in [7, 11) is 0. The number of hydrogen-bond donors (Lipinski definition) is 1. The molecule has 1 amide bonds. The molecule has 0 saturated heterocycles. The van der Waals surface area contributed by atoms with E-state index in [0.29, 0.717) is 18.2 Å². The van der Waals surface area contributed by atoms with Crippen molar-refractivity contribution in [3.05, 3.63) is 0 Å². The normalized spacial score (nSPS) is 22.8. The molecule has 1 aromatic heterocycles. The molecular weight excluding hydrogens is 276 g/mol. The molecular formula is C12H22N6OS. The van der Waals surface area contributed by atoms with Crippen LogP contribution >= 0.6 is 11.8 Å². The van der Waals surface area contributed by atoms with Crippen LogP contribution in [0.15, 0.2) is 5.16 Å².